The van der Waals surface area contributed by atoms with Crippen molar-refractivity contribution in [3.8, 4) is 0 Å². The Bertz CT molecular complexity index is 938. The van der Waals surface area contributed by atoms with E-state index in [2.05, 4.69) is 59.5 Å². The molecule has 1 aliphatic carbocycles. The fraction of sp³-hybridized carbons (Fsp3) is 0.690. The molecule has 1 aromatic rings. The van der Waals surface area contributed by atoms with Gasteiger partial charge in [-0.05, 0) is 60.9 Å². The fourth-order valence-corrected chi connectivity index (χ4v) is 7.25. The number of fused-ring (bicyclic) bond motifs is 1. The first-order valence-corrected chi connectivity index (χ1v) is 16.1. The third-order valence-corrected chi connectivity index (χ3v) is 13.6. The van der Waals surface area contributed by atoms with Crippen molar-refractivity contribution in [2.75, 3.05) is 6.61 Å². The zero-order chi connectivity index (χ0) is 25.6. The molecule has 6 atom stereocenters. The number of esters is 1. The Morgan fingerprint density at radius 1 is 1.23 bits per heavy atom. The first kappa shape index (κ1) is 26.6. The van der Waals surface area contributed by atoms with E-state index in [4.69, 9.17) is 18.6 Å². The predicted molar refractivity (Wildman–Crippen MR) is 141 cm³/mol. The van der Waals surface area contributed by atoms with E-state index >= 15 is 0 Å². The van der Waals surface area contributed by atoms with Gasteiger partial charge in [0.05, 0.1) is 24.4 Å². The summed E-state index contributed by atoms with van der Waals surface area (Å²) in [5, 5.41) is 0.139. The summed E-state index contributed by atoms with van der Waals surface area (Å²) in [6.07, 6.45) is 2.84. The topological polar surface area (TPSA) is 54.0 Å². The minimum Gasteiger partial charge on any atom is -0.460 e. The van der Waals surface area contributed by atoms with Crippen LogP contribution in [0.15, 0.2) is 42.5 Å². The highest BCUT2D eigenvalue weighted by atomic mass is 28.4. The maximum absolute atomic E-state index is 12.0. The molecular formula is C29H44O5Si. The Labute approximate surface area is 212 Å². The van der Waals surface area contributed by atoms with Crippen LogP contribution in [0.4, 0.5) is 0 Å². The number of ether oxygens (including phenoxy) is 3. The van der Waals surface area contributed by atoms with E-state index < -0.39 is 13.9 Å². The molecule has 0 radical (unpaired) electrons. The average Bonchev–Trinajstić information content (AvgIpc) is 3.07. The molecule has 6 heteroatoms. The van der Waals surface area contributed by atoms with Crippen molar-refractivity contribution in [3.05, 3.63) is 48.0 Å². The summed E-state index contributed by atoms with van der Waals surface area (Å²) in [6.45, 7) is 20.7. The Kier molecular flexibility index (Phi) is 7.17. The Balaban J connectivity index is 1.64. The van der Waals surface area contributed by atoms with E-state index in [1.165, 1.54) is 6.92 Å². The molecule has 2 heterocycles. The van der Waals surface area contributed by atoms with Crippen molar-refractivity contribution < 1.29 is 23.4 Å². The van der Waals surface area contributed by atoms with Crippen LogP contribution in [0.1, 0.15) is 65.9 Å². The van der Waals surface area contributed by atoms with Crippen molar-refractivity contribution >= 4 is 14.3 Å². The van der Waals surface area contributed by atoms with E-state index in [1.807, 2.05) is 18.2 Å². The van der Waals surface area contributed by atoms with E-state index in [0.717, 1.165) is 30.4 Å². The lowest BCUT2D eigenvalue weighted by Crippen LogP contribution is -2.59. The average molecular weight is 501 g/mol. The van der Waals surface area contributed by atoms with Crippen LogP contribution in [-0.2, 0) is 30.0 Å². The van der Waals surface area contributed by atoms with Gasteiger partial charge in [0.25, 0.3) is 0 Å². The summed E-state index contributed by atoms with van der Waals surface area (Å²) in [5.74, 6) is -0.0172. The molecule has 3 aliphatic rings. The molecule has 2 aliphatic heterocycles. The maximum atomic E-state index is 12.0. The minimum absolute atomic E-state index is 0.0670. The number of rotatable bonds is 7. The van der Waals surface area contributed by atoms with Gasteiger partial charge in [0.15, 0.2) is 8.32 Å². The van der Waals surface area contributed by atoms with Crippen LogP contribution in [-0.4, -0.2) is 44.3 Å². The predicted octanol–water partition coefficient (Wildman–Crippen LogP) is 6.43. The van der Waals surface area contributed by atoms with Crippen molar-refractivity contribution in [1.29, 1.82) is 0 Å². The van der Waals surface area contributed by atoms with Crippen LogP contribution in [0.25, 0.3) is 0 Å². The van der Waals surface area contributed by atoms with Gasteiger partial charge in [-0.1, -0.05) is 64.6 Å². The molecule has 1 spiro atoms. The number of carbonyl (C=O) groups is 1. The van der Waals surface area contributed by atoms with Crippen LogP contribution in [0, 0.1) is 11.8 Å². The fourth-order valence-electron chi connectivity index (χ4n) is 6.19. The van der Waals surface area contributed by atoms with Gasteiger partial charge in [-0.2, -0.15) is 0 Å². The lowest BCUT2D eigenvalue weighted by atomic mass is 9.63. The minimum atomic E-state index is -1.93. The number of benzene rings is 1. The molecule has 194 valence electrons. The largest absolute Gasteiger partial charge is 0.460 e. The van der Waals surface area contributed by atoms with Crippen molar-refractivity contribution in [3.63, 3.8) is 0 Å². The number of hydrogen-bond acceptors (Lipinski definition) is 5. The van der Waals surface area contributed by atoms with Crippen LogP contribution >= 0.6 is 0 Å². The zero-order valence-corrected chi connectivity index (χ0v) is 23.7. The molecule has 2 saturated heterocycles. The summed E-state index contributed by atoms with van der Waals surface area (Å²) in [5.41, 5.74) is 1.45. The molecule has 1 saturated carbocycles. The normalized spacial score (nSPS) is 35.0. The van der Waals surface area contributed by atoms with E-state index in [1.54, 1.807) is 0 Å². The highest BCUT2D eigenvalue weighted by Crippen LogP contribution is 2.62. The molecule has 4 rings (SSSR count). The van der Waals surface area contributed by atoms with Gasteiger partial charge < -0.3 is 18.6 Å². The molecule has 0 unspecified atom stereocenters. The van der Waals surface area contributed by atoms with Crippen molar-refractivity contribution in [1.82, 2.24) is 0 Å². The van der Waals surface area contributed by atoms with Crippen LogP contribution in [0.3, 0.4) is 0 Å². The summed E-state index contributed by atoms with van der Waals surface area (Å²) in [4.78, 5) is 12.0. The zero-order valence-electron chi connectivity index (χ0n) is 22.7. The van der Waals surface area contributed by atoms with Gasteiger partial charge in [-0.15, -0.1) is 0 Å². The third kappa shape index (κ3) is 4.92. The summed E-state index contributed by atoms with van der Waals surface area (Å²) in [6, 6.07) is 10.2. The number of carbonyl (C=O) groups excluding carboxylic acids is 1. The summed E-state index contributed by atoms with van der Waals surface area (Å²) in [7, 11) is -1.93. The van der Waals surface area contributed by atoms with Crippen LogP contribution < -0.4 is 0 Å². The van der Waals surface area contributed by atoms with Crippen molar-refractivity contribution in [2.24, 2.45) is 11.8 Å². The highest BCUT2D eigenvalue weighted by molar-refractivity contribution is 6.74. The Hall–Kier alpha value is -1.47. The lowest BCUT2D eigenvalue weighted by molar-refractivity contribution is -0.210. The SMILES string of the molecule is C=C1CC[C@]2(CO[Si](C)(C)C(C)(C)C)C[C@H]3[C@@H](OCc4ccccc4)[C@@H](OC(C)=O)C[C@@H](C)[C@]13O2. The Morgan fingerprint density at radius 2 is 1.91 bits per heavy atom. The third-order valence-electron chi connectivity index (χ3n) is 9.15. The van der Waals surface area contributed by atoms with E-state index in [0.29, 0.717) is 19.6 Å². The first-order valence-electron chi connectivity index (χ1n) is 13.1. The highest BCUT2D eigenvalue weighted by Gasteiger charge is 2.67. The molecule has 0 amide bonds. The molecule has 1 aromatic carbocycles. The van der Waals surface area contributed by atoms with Gasteiger partial charge in [0.1, 0.15) is 12.2 Å². The smallest absolute Gasteiger partial charge is 0.302 e. The first-order chi connectivity index (χ1) is 16.3. The van der Waals surface area contributed by atoms with Gasteiger partial charge in [0, 0.05) is 12.8 Å². The molecule has 3 fully saturated rings. The molecule has 2 bridgehead atoms. The standard InChI is InChI=1S/C29H44O5Si/c1-20-14-15-28(19-32-35(7,8)27(4,5)6)17-24-26(31-18-23-12-10-9-11-13-23)25(33-22(3)30)16-21(2)29(20,24)34-28/h9-13,21,24-26H,1,14-19H2,2-8H3/t21-,24+,25+,26-,28-,29-/m1/s1. The van der Waals surface area contributed by atoms with Gasteiger partial charge >= 0.3 is 5.97 Å². The quantitative estimate of drug-likeness (QED) is 0.245. The van der Waals surface area contributed by atoms with Gasteiger partial charge in [-0.25, -0.2) is 0 Å². The van der Waals surface area contributed by atoms with E-state index in [9.17, 15) is 4.79 Å². The van der Waals surface area contributed by atoms with Crippen LogP contribution in [0.5, 0.6) is 0 Å². The second-order valence-electron chi connectivity index (χ2n) is 12.6. The molecular weight excluding hydrogens is 456 g/mol. The second kappa shape index (κ2) is 9.44. The number of hydrogen-bond donors (Lipinski definition) is 0. The molecule has 0 aromatic heterocycles. The maximum Gasteiger partial charge on any atom is 0.302 e. The van der Waals surface area contributed by atoms with Gasteiger partial charge in [-0.3, -0.25) is 4.79 Å². The lowest BCUT2D eigenvalue weighted by Gasteiger charge is -2.52. The van der Waals surface area contributed by atoms with Gasteiger partial charge in [0.2, 0.25) is 0 Å². The summed E-state index contributed by atoms with van der Waals surface area (Å²) < 4.78 is 26.3. The molecule has 0 N–H and O–H groups in total. The molecule has 35 heavy (non-hydrogen) atoms. The Morgan fingerprint density at radius 3 is 2.54 bits per heavy atom. The van der Waals surface area contributed by atoms with E-state index in [-0.39, 0.29) is 40.7 Å². The summed E-state index contributed by atoms with van der Waals surface area (Å²) >= 11 is 0. The van der Waals surface area contributed by atoms with Crippen LogP contribution in [0.2, 0.25) is 18.1 Å². The molecule has 5 nitrogen and oxygen atoms in total. The van der Waals surface area contributed by atoms with Crippen molar-refractivity contribution in [2.45, 2.75) is 108 Å². The second-order valence-corrected chi connectivity index (χ2v) is 17.4. The monoisotopic (exact) mass is 500 g/mol.